The van der Waals surface area contributed by atoms with Gasteiger partial charge < -0.3 is 21.7 Å². The summed E-state index contributed by atoms with van der Waals surface area (Å²) in [7, 11) is 3.34. The van der Waals surface area contributed by atoms with E-state index in [0.717, 1.165) is 0 Å². The molecule has 6 heteroatoms. The summed E-state index contributed by atoms with van der Waals surface area (Å²) in [6.07, 6.45) is 0.258. The van der Waals surface area contributed by atoms with Gasteiger partial charge >= 0.3 is 0 Å². The first-order valence-electron chi connectivity index (χ1n) is 5.55. The number of amides is 2. The number of anilines is 2. The Kier molecular flexibility index (Phi) is 4.53. The maximum absolute atomic E-state index is 11.8. The van der Waals surface area contributed by atoms with E-state index in [4.69, 9.17) is 11.5 Å². The van der Waals surface area contributed by atoms with Crippen LogP contribution in [0.1, 0.15) is 16.8 Å². The first kappa shape index (κ1) is 13.8. The molecule has 0 aliphatic rings. The third-order valence-electron chi connectivity index (χ3n) is 2.44. The van der Waals surface area contributed by atoms with Crippen LogP contribution in [0.5, 0.6) is 0 Å². The molecule has 0 aromatic heterocycles. The van der Waals surface area contributed by atoms with Crippen molar-refractivity contribution in [1.82, 2.24) is 10.2 Å². The topological polar surface area (TPSA) is 101 Å². The molecule has 0 spiro atoms. The number of nitrogen functional groups attached to an aromatic ring is 2. The Labute approximate surface area is 106 Å². The first-order valence-corrected chi connectivity index (χ1v) is 5.55. The molecule has 1 rings (SSSR count). The molecule has 0 radical (unpaired) electrons. The predicted octanol–water partition coefficient (Wildman–Crippen LogP) is 0.0591. The van der Waals surface area contributed by atoms with Crippen LogP contribution >= 0.6 is 0 Å². The minimum Gasteiger partial charge on any atom is -0.399 e. The van der Waals surface area contributed by atoms with Crippen molar-refractivity contribution in [3.63, 3.8) is 0 Å². The smallest absolute Gasteiger partial charge is 0.253 e. The number of carbonyl (C=O) groups excluding carboxylic acids is 2. The Morgan fingerprint density at radius 2 is 1.94 bits per heavy atom. The molecule has 98 valence electrons. The summed E-state index contributed by atoms with van der Waals surface area (Å²) in [5.74, 6) is -0.348. The molecule has 5 N–H and O–H groups in total. The Morgan fingerprint density at radius 3 is 2.50 bits per heavy atom. The Balaban J connectivity index is 2.53. The number of nitrogens with one attached hydrogen (secondary N) is 1. The molecule has 1 aromatic carbocycles. The van der Waals surface area contributed by atoms with Gasteiger partial charge in [-0.2, -0.15) is 0 Å². The second-order valence-corrected chi connectivity index (χ2v) is 4.14. The van der Waals surface area contributed by atoms with Crippen LogP contribution in [0.3, 0.4) is 0 Å². The summed E-state index contributed by atoms with van der Waals surface area (Å²) < 4.78 is 0. The first-order chi connectivity index (χ1) is 8.41. The highest BCUT2D eigenvalue weighted by Crippen LogP contribution is 2.15. The molecule has 0 heterocycles. The average molecular weight is 250 g/mol. The monoisotopic (exact) mass is 250 g/mol. The van der Waals surface area contributed by atoms with Gasteiger partial charge in [-0.1, -0.05) is 0 Å². The van der Waals surface area contributed by atoms with Crippen molar-refractivity contribution in [1.29, 1.82) is 0 Å². The molecule has 0 aliphatic carbocycles. The highest BCUT2D eigenvalue weighted by atomic mass is 16.2. The summed E-state index contributed by atoms with van der Waals surface area (Å²) in [5.41, 5.74) is 12.4. The molecule has 2 amide bonds. The summed E-state index contributed by atoms with van der Waals surface area (Å²) in [6, 6.07) is 4.70. The molecule has 6 nitrogen and oxygen atoms in total. The summed E-state index contributed by atoms with van der Waals surface area (Å²) >= 11 is 0. The summed E-state index contributed by atoms with van der Waals surface area (Å²) in [6.45, 7) is 0.277. The number of nitrogens with zero attached hydrogens (tertiary/aromatic N) is 1. The van der Waals surface area contributed by atoms with Gasteiger partial charge in [-0.05, 0) is 18.2 Å². The third-order valence-corrected chi connectivity index (χ3v) is 2.44. The van der Waals surface area contributed by atoms with E-state index in [9.17, 15) is 9.59 Å². The lowest BCUT2D eigenvalue weighted by Crippen LogP contribution is -2.30. The fourth-order valence-electron chi connectivity index (χ4n) is 1.39. The molecule has 1 aromatic rings. The van der Waals surface area contributed by atoms with E-state index in [2.05, 4.69) is 5.32 Å². The van der Waals surface area contributed by atoms with Crippen molar-refractivity contribution >= 4 is 23.2 Å². The molecule has 0 aliphatic heterocycles. The van der Waals surface area contributed by atoms with E-state index in [0.29, 0.717) is 16.9 Å². The average Bonchev–Trinajstić information content (AvgIpc) is 2.28. The van der Waals surface area contributed by atoms with Gasteiger partial charge in [0.15, 0.2) is 0 Å². The van der Waals surface area contributed by atoms with Crippen LogP contribution in [0.4, 0.5) is 11.4 Å². The highest BCUT2D eigenvalue weighted by Gasteiger charge is 2.10. The summed E-state index contributed by atoms with van der Waals surface area (Å²) in [5, 5.41) is 2.64. The minimum atomic E-state index is -0.306. The molecule has 0 unspecified atom stereocenters. The lowest BCUT2D eigenvalue weighted by Gasteiger charge is -2.11. The molecule has 0 bridgehead atoms. The number of hydrogen-bond acceptors (Lipinski definition) is 4. The van der Waals surface area contributed by atoms with Gasteiger partial charge in [0.1, 0.15) is 0 Å². The van der Waals surface area contributed by atoms with Gasteiger partial charge in [-0.3, -0.25) is 9.59 Å². The van der Waals surface area contributed by atoms with Gasteiger partial charge in [-0.15, -0.1) is 0 Å². The van der Waals surface area contributed by atoms with Crippen LogP contribution in [0.2, 0.25) is 0 Å². The molecule has 0 saturated heterocycles. The van der Waals surface area contributed by atoms with Crippen LogP contribution in [0, 0.1) is 0 Å². The van der Waals surface area contributed by atoms with E-state index in [-0.39, 0.29) is 24.8 Å². The maximum Gasteiger partial charge on any atom is 0.253 e. The van der Waals surface area contributed by atoms with Crippen molar-refractivity contribution in [2.45, 2.75) is 6.42 Å². The van der Waals surface area contributed by atoms with Crippen molar-refractivity contribution < 1.29 is 9.59 Å². The molecular weight excluding hydrogens is 232 g/mol. The van der Waals surface area contributed by atoms with Crippen LogP contribution < -0.4 is 16.8 Å². The van der Waals surface area contributed by atoms with E-state index >= 15 is 0 Å². The van der Waals surface area contributed by atoms with Crippen LogP contribution in [-0.4, -0.2) is 37.4 Å². The van der Waals surface area contributed by atoms with Crippen molar-refractivity contribution in [3.05, 3.63) is 23.8 Å². The number of carbonyl (C=O) groups is 2. The lowest BCUT2D eigenvalue weighted by atomic mass is 10.1. The van der Waals surface area contributed by atoms with Gasteiger partial charge in [0.25, 0.3) is 5.91 Å². The van der Waals surface area contributed by atoms with Crippen molar-refractivity contribution in [2.75, 3.05) is 32.1 Å². The van der Waals surface area contributed by atoms with E-state index < -0.39 is 0 Å². The fourth-order valence-corrected chi connectivity index (χ4v) is 1.39. The summed E-state index contributed by atoms with van der Waals surface area (Å²) in [4.78, 5) is 24.6. The Bertz CT molecular complexity index is 457. The van der Waals surface area contributed by atoms with Crippen LogP contribution in [0.25, 0.3) is 0 Å². The fraction of sp³-hybridized carbons (Fsp3) is 0.333. The van der Waals surface area contributed by atoms with E-state index in [1.54, 1.807) is 26.2 Å². The van der Waals surface area contributed by atoms with Crippen LogP contribution in [0.15, 0.2) is 18.2 Å². The molecule has 0 fully saturated rings. The van der Waals surface area contributed by atoms with Gasteiger partial charge in [0, 0.05) is 38.4 Å². The Hall–Kier alpha value is -2.24. The van der Waals surface area contributed by atoms with Gasteiger partial charge in [0.2, 0.25) is 5.91 Å². The number of benzene rings is 1. The largest absolute Gasteiger partial charge is 0.399 e. The zero-order valence-corrected chi connectivity index (χ0v) is 10.6. The maximum atomic E-state index is 11.8. The predicted molar refractivity (Wildman–Crippen MR) is 70.9 cm³/mol. The quantitative estimate of drug-likeness (QED) is 0.657. The minimum absolute atomic E-state index is 0.0411. The Morgan fingerprint density at radius 1 is 1.28 bits per heavy atom. The zero-order chi connectivity index (χ0) is 13.7. The third kappa shape index (κ3) is 3.65. The standard InChI is InChI=1S/C12H18N4O2/c1-16(2)11(17)5-6-15-12(18)9-4-3-8(13)7-10(9)14/h3-4,7H,5-6,13-14H2,1-2H3,(H,15,18). The number of rotatable bonds is 4. The SMILES string of the molecule is CN(C)C(=O)CCNC(=O)c1ccc(N)cc1N. The van der Waals surface area contributed by atoms with Crippen LogP contribution in [-0.2, 0) is 4.79 Å². The molecular formula is C12H18N4O2. The number of nitrogens with two attached hydrogens (primary N) is 2. The lowest BCUT2D eigenvalue weighted by molar-refractivity contribution is -0.128. The molecule has 0 atom stereocenters. The second kappa shape index (κ2) is 5.90. The second-order valence-electron chi connectivity index (χ2n) is 4.14. The van der Waals surface area contributed by atoms with Crippen molar-refractivity contribution in [3.8, 4) is 0 Å². The van der Waals surface area contributed by atoms with Gasteiger partial charge in [0.05, 0.1) is 5.56 Å². The normalized spacial score (nSPS) is 9.89. The zero-order valence-electron chi connectivity index (χ0n) is 10.6. The molecule has 0 saturated carbocycles. The van der Waals surface area contributed by atoms with E-state index in [1.165, 1.54) is 11.0 Å². The van der Waals surface area contributed by atoms with Gasteiger partial charge in [-0.25, -0.2) is 0 Å². The van der Waals surface area contributed by atoms with E-state index in [1.807, 2.05) is 0 Å². The molecule has 18 heavy (non-hydrogen) atoms. The highest BCUT2D eigenvalue weighted by molar-refractivity contribution is 5.99. The van der Waals surface area contributed by atoms with Crippen molar-refractivity contribution in [2.24, 2.45) is 0 Å². The number of hydrogen-bond donors (Lipinski definition) is 3.